The van der Waals surface area contributed by atoms with Crippen molar-refractivity contribution in [3.05, 3.63) is 64.1 Å². The number of amides is 1. The average molecular weight is 377 g/mol. The number of hydrogen-bond acceptors (Lipinski definition) is 3. The molecule has 0 bridgehead atoms. The lowest BCUT2D eigenvalue weighted by atomic mass is 10.1. The van der Waals surface area contributed by atoms with Gasteiger partial charge in [0.15, 0.2) is 6.10 Å². The van der Waals surface area contributed by atoms with Crippen LogP contribution in [0.2, 0.25) is 0 Å². The van der Waals surface area contributed by atoms with Gasteiger partial charge in [-0.3, -0.25) is 4.79 Å². The molecule has 2 unspecified atom stereocenters. The zero-order valence-electron chi connectivity index (χ0n) is 13.3. The molecular weight excluding hydrogens is 356 g/mol. The van der Waals surface area contributed by atoms with E-state index < -0.39 is 6.10 Å². The summed E-state index contributed by atoms with van der Waals surface area (Å²) in [6.07, 6.45) is -0.600. The van der Waals surface area contributed by atoms with Crippen LogP contribution in [0.4, 0.5) is 0 Å². The molecule has 0 aromatic heterocycles. The van der Waals surface area contributed by atoms with Gasteiger partial charge >= 0.3 is 0 Å². The first-order valence-electron chi connectivity index (χ1n) is 7.48. The number of nitrogens with one attached hydrogen (secondary N) is 1. The Labute approximate surface area is 145 Å². The van der Waals surface area contributed by atoms with E-state index in [0.717, 1.165) is 15.6 Å². The molecule has 0 aliphatic carbocycles. The highest BCUT2D eigenvalue weighted by molar-refractivity contribution is 9.10. The molecular formula is C18H21BrN2O2. The fourth-order valence-electron chi connectivity index (χ4n) is 2.12. The maximum absolute atomic E-state index is 12.2. The van der Waals surface area contributed by atoms with Gasteiger partial charge in [0.1, 0.15) is 5.75 Å². The molecule has 0 spiro atoms. The van der Waals surface area contributed by atoms with Gasteiger partial charge in [-0.1, -0.05) is 36.4 Å². The van der Waals surface area contributed by atoms with Crippen LogP contribution in [0.25, 0.3) is 0 Å². The maximum atomic E-state index is 12.2. The molecule has 2 atom stereocenters. The minimum absolute atomic E-state index is 0.191. The lowest BCUT2D eigenvalue weighted by Gasteiger charge is -2.18. The van der Waals surface area contributed by atoms with Crippen molar-refractivity contribution in [3.8, 4) is 5.75 Å². The molecule has 0 saturated carbocycles. The molecule has 0 fully saturated rings. The smallest absolute Gasteiger partial charge is 0.260 e. The number of carbonyl (C=O) groups is 1. The van der Waals surface area contributed by atoms with Crippen LogP contribution in [0.1, 0.15) is 24.1 Å². The van der Waals surface area contributed by atoms with Crippen LogP contribution in [0.3, 0.4) is 0 Å². The van der Waals surface area contributed by atoms with Crippen molar-refractivity contribution in [2.75, 3.05) is 6.54 Å². The molecule has 0 radical (unpaired) electrons. The minimum atomic E-state index is -0.600. The van der Waals surface area contributed by atoms with Crippen LogP contribution < -0.4 is 15.8 Å². The zero-order chi connectivity index (χ0) is 16.8. The lowest BCUT2D eigenvalue weighted by molar-refractivity contribution is -0.127. The number of ether oxygens (including phenoxy) is 1. The summed E-state index contributed by atoms with van der Waals surface area (Å²) in [4.78, 5) is 12.2. The van der Waals surface area contributed by atoms with Gasteiger partial charge in [-0.05, 0) is 53.0 Å². The quantitative estimate of drug-likeness (QED) is 0.812. The summed E-state index contributed by atoms with van der Waals surface area (Å²) < 4.78 is 6.53. The zero-order valence-corrected chi connectivity index (χ0v) is 14.8. The molecule has 0 saturated heterocycles. The van der Waals surface area contributed by atoms with Crippen LogP contribution in [0, 0.1) is 6.92 Å². The largest absolute Gasteiger partial charge is 0.480 e. The topological polar surface area (TPSA) is 64.3 Å². The third kappa shape index (κ3) is 5.08. The highest BCUT2D eigenvalue weighted by Gasteiger charge is 2.17. The van der Waals surface area contributed by atoms with E-state index in [1.54, 1.807) is 6.92 Å². The van der Waals surface area contributed by atoms with E-state index in [0.29, 0.717) is 12.3 Å². The van der Waals surface area contributed by atoms with Crippen LogP contribution in [0.5, 0.6) is 5.75 Å². The Morgan fingerprint density at radius 2 is 1.96 bits per heavy atom. The highest BCUT2D eigenvalue weighted by atomic mass is 79.9. The van der Waals surface area contributed by atoms with E-state index in [1.165, 1.54) is 0 Å². The Morgan fingerprint density at radius 3 is 2.61 bits per heavy atom. The second-order valence-corrected chi connectivity index (χ2v) is 6.31. The summed E-state index contributed by atoms with van der Waals surface area (Å²) in [5.74, 6) is 0.453. The van der Waals surface area contributed by atoms with Crippen molar-refractivity contribution in [1.29, 1.82) is 0 Å². The molecule has 4 nitrogen and oxygen atoms in total. The predicted octanol–water partition coefficient (Wildman–Crippen LogP) is 3.34. The molecule has 122 valence electrons. The number of aryl methyl sites for hydroxylation is 1. The Morgan fingerprint density at radius 1 is 1.26 bits per heavy atom. The molecule has 23 heavy (non-hydrogen) atoms. The Hall–Kier alpha value is -1.85. The maximum Gasteiger partial charge on any atom is 0.260 e. The van der Waals surface area contributed by atoms with Gasteiger partial charge in [0.05, 0.1) is 4.47 Å². The van der Waals surface area contributed by atoms with Gasteiger partial charge in [0.25, 0.3) is 5.91 Å². The van der Waals surface area contributed by atoms with Crippen LogP contribution in [-0.2, 0) is 4.79 Å². The van der Waals surface area contributed by atoms with Crippen molar-refractivity contribution in [1.82, 2.24) is 5.32 Å². The van der Waals surface area contributed by atoms with E-state index in [-0.39, 0.29) is 11.9 Å². The van der Waals surface area contributed by atoms with E-state index >= 15 is 0 Å². The lowest BCUT2D eigenvalue weighted by Crippen LogP contribution is -2.40. The molecule has 2 rings (SSSR count). The summed E-state index contributed by atoms with van der Waals surface area (Å²) in [6.45, 7) is 4.08. The molecule has 0 aliphatic rings. The Balaban J connectivity index is 1.87. The number of nitrogens with two attached hydrogens (primary N) is 1. The molecule has 0 heterocycles. The van der Waals surface area contributed by atoms with Crippen LogP contribution >= 0.6 is 15.9 Å². The van der Waals surface area contributed by atoms with Crippen molar-refractivity contribution < 1.29 is 9.53 Å². The van der Waals surface area contributed by atoms with Crippen LogP contribution in [-0.4, -0.2) is 18.6 Å². The standard InChI is InChI=1S/C18H21BrN2O2/c1-12-8-9-17(15(19)10-12)23-13(2)18(22)21-11-16(20)14-6-4-3-5-7-14/h3-10,13,16H,11,20H2,1-2H3,(H,21,22). The van der Waals surface area contributed by atoms with E-state index in [9.17, 15) is 4.79 Å². The number of benzene rings is 2. The van der Waals surface area contributed by atoms with Gasteiger partial charge in [-0.25, -0.2) is 0 Å². The SMILES string of the molecule is Cc1ccc(OC(C)C(=O)NCC(N)c2ccccc2)c(Br)c1. The van der Waals surface area contributed by atoms with Gasteiger partial charge in [0.2, 0.25) is 0 Å². The number of rotatable bonds is 6. The fraction of sp³-hybridized carbons (Fsp3) is 0.278. The molecule has 0 aliphatic heterocycles. The average Bonchev–Trinajstić information content (AvgIpc) is 2.55. The second-order valence-electron chi connectivity index (χ2n) is 5.46. The molecule has 2 aromatic rings. The molecule has 3 N–H and O–H groups in total. The number of hydrogen-bond donors (Lipinski definition) is 2. The van der Waals surface area contributed by atoms with E-state index in [4.69, 9.17) is 10.5 Å². The monoisotopic (exact) mass is 376 g/mol. The van der Waals surface area contributed by atoms with Gasteiger partial charge in [-0.2, -0.15) is 0 Å². The Kier molecular flexibility index (Phi) is 6.19. The minimum Gasteiger partial charge on any atom is -0.480 e. The normalized spacial score (nSPS) is 13.2. The second kappa shape index (κ2) is 8.13. The first-order valence-corrected chi connectivity index (χ1v) is 8.27. The number of halogens is 1. The van der Waals surface area contributed by atoms with Crippen molar-refractivity contribution in [3.63, 3.8) is 0 Å². The summed E-state index contributed by atoms with van der Waals surface area (Å²) in [5.41, 5.74) is 8.18. The van der Waals surface area contributed by atoms with Crippen molar-refractivity contribution in [2.45, 2.75) is 26.0 Å². The van der Waals surface area contributed by atoms with Gasteiger partial charge < -0.3 is 15.8 Å². The molecule has 5 heteroatoms. The predicted molar refractivity (Wildman–Crippen MR) is 95.3 cm³/mol. The summed E-state index contributed by atoms with van der Waals surface area (Å²) in [7, 11) is 0. The number of carbonyl (C=O) groups excluding carboxylic acids is 1. The molecule has 1 amide bonds. The van der Waals surface area contributed by atoms with Crippen molar-refractivity contribution in [2.24, 2.45) is 5.73 Å². The fourth-order valence-corrected chi connectivity index (χ4v) is 2.70. The first kappa shape index (κ1) is 17.5. The summed E-state index contributed by atoms with van der Waals surface area (Å²) in [5, 5.41) is 2.83. The van der Waals surface area contributed by atoms with Gasteiger partial charge in [-0.15, -0.1) is 0 Å². The highest BCUT2D eigenvalue weighted by Crippen LogP contribution is 2.26. The molecule has 2 aromatic carbocycles. The van der Waals surface area contributed by atoms with Gasteiger partial charge in [0, 0.05) is 12.6 Å². The van der Waals surface area contributed by atoms with E-state index in [2.05, 4.69) is 21.2 Å². The first-order chi connectivity index (χ1) is 11.0. The van der Waals surface area contributed by atoms with Crippen molar-refractivity contribution >= 4 is 21.8 Å². The summed E-state index contributed by atoms with van der Waals surface area (Å²) in [6, 6.07) is 15.2. The third-order valence-electron chi connectivity index (χ3n) is 3.48. The Bertz CT molecular complexity index is 661. The van der Waals surface area contributed by atoms with E-state index in [1.807, 2.05) is 55.5 Å². The van der Waals surface area contributed by atoms with Crippen LogP contribution in [0.15, 0.2) is 53.0 Å². The third-order valence-corrected chi connectivity index (χ3v) is 4.10. The summed E-state index contributed by atoms with van der Waals surface area (Å²) >= 11 is 3.44.